The highest BCUT2D eigenvalue weighted by molar-refractivity contribution is 14.1. The SMILES string of the molecule is Cc1ccn2c(I)cnc2c1F. The Morgan fingerprint density at radius 2 is 2.33 bits per heavy atom. The molecule has 2 aromatic heterocycles. The van der Waals surface area contributed by atoms with Gasteiger partial charge in [0.05, 0.1) is 6.20 Å². The second kappa shape index (κ2) is 2.69. The summed E-state index contributed by atoms with van der Waals surface area (Å²) < 4.78 is 16.0. The number of aryl methyl sites for hydroxylation is 1. The van der Waals surface area contributed by atoms with Crippen molar-refractivity contribution in [1.82, 2.24) is 9.38 Å². The van der Waals surface area contributed by atoms with Crippen LogP contribution in [0.5, 0.6) is 0 Å². The van der Waals surface area contributed by atoms with Crippen molar-refractivity contribution in [3.05, 3.63) is 33.5 Å². The fourth-order valence-electron chi connectivity index (χ4n) is 1.08. The number of fused-ring (bicyclic) bond motifs is 1. The van der Waals surface area contributed by atoms with Crippen LogP contribution in [0, 0.1) is 16.4 Å². The molecule has 0 aliphatic heterocycles. The molecule has 0 spiro atoms. The summed E-state index contributed by atoms with van der Waals surface area (Å²) >= 11 is 2.12. The molecule has 2 rings (SSSR count). The van der Waals surface area contributed by atoms with Crippen LogP contribution in [0.1, 0.15) is 5.56 Å². The minimum absolute atomic E-state index is 0.236. The number of rotatable bonds is 0. The Labute approximate surface area is 82.6 Å². The van der Waals surface area contributed by atoms with Gasteiger partial charge in [0.25, 0.3) is 0 Å². The van der Waals surface area contributed by atoms with E-state index in [1.165, 1.54) is 0 Å². The van der Waals surface area contributed by atoms with Gasteiger partial charge >= 0.3 is 0 Å². The molecule has 0 fully saturated rings. The summed E-state index contributed by atoms with van der Waals surface area (Å²) in [7, 11) is 0. The molecule has 0 aliphatic carbocycles. The van der Waals surface area contributed by atoms with Crippen LogP contribution in [0.25, 0.3) is 5.65 Å². The molecule has 0 aromatic carbocycles. The van der Waals surface area contributed by atoms with E-state index in [9.17, 15) is 4.39 Å². The topological polar surface area (TPSA) is 17.3 Å². The van der Waals surface area contributed by atoms with Gasteiger partial charge in [0, 0.05) is 6.20 Å². The van der Waals surface area contributed by atoms with E-state index >= 15 is 0 Å². The smallest absolute Gasteiger partial charge is 0.174 e. The Kier molecular flexibility index (Phi) is 1.79. The van der Waals surface area contributed by atoms with E-state index in [-0.39, 0.29) is 5.82 Å². The summed E-state index contributed by atoms with van der Waals surface area (Å²) in [6.45, 7) is 1.73. The third-order valence-corrected chi connectivity index (χ3v) is 2.57. The molecule has 0 amide bonds. The van der Waals surface area contributed by atoms with Crippen LogP contribution >= 0.6 is 22.6 Å². The van der Waals surface area contributed by atoms with Crippen LogP contribution in [0.2, 0.25) is 0 Å². The monoisotopic (exact) mass is 276 g/mol. The molecule has 0 bridgehead atoms. The Hall–Kier alpha value is -0.650. The highest BCUT2D eigenvalue weighted by Gasteiger charge is 2.06. The quantitative estimate of drug-likeness (QED) is 0.675. The fourth-order valence-corrected chi connectivity index (χ4v) is 1.61. The third kappa shape index (κ3) is 1.01. The molecule has 62 valence electrons. The van der Waals surface area contributed by atoms with Crippen LogP contribution in [-0.4, -0.2) is 9.38 Å². The Morgan fingerprint density at radius 1 is 1.58 bits per heavy atom. The third-order valence-electron chi connectivity index (χ3n) is 1.77. The Morgan fingerprint density at radius 3 is 3.08 bits per heavy atom. The van der Waals surface area contributed by atoms with Crippen LogP contribution < -0.4 is 0 Å². The molecule has 0 unspecified atom stereocenters. The first-order valence-electron chi connectivity index (χ1n) is 3.48. The van der Waals surface area contributed by atoms with Crippen LogP contribution in [0.15, 0.2) is 18.5 Å². The standard InChI is InChI=1S/C8H6FIN2/c1-5-2-3-12-6(10)4-11-8(12)7(5)9/h2-4H,1H3. The van der Waals surface area contributed by atoms with E-state index in [4.69, 9.17) is 0 Å². The highest BCUT2D eigenvalue weighted by Crippen LogP contribution is 2.15. The number of pyridine rings is 1. The first-order valence-corrected chi connectivity index (χ1v) is 4.55. The lowest BCUT2D eigenvalue weighted by Gasteiger charge is -1.98. The van der Waals surface area contributed by atoms with E-state index in [0.29, 0.717) is 11.2 Å². The minimum atomic E-state index is -0.236. The van der Waals surface area contributed by atoms with Gasteiger partial charge in [-0.25, -0.2) is 9.37 Å². The van der Waals surface area contributed by atoms with Gasteiger partial charge in [-0.15, -0.1) is 0 Å². The zero-order valence-corrected chi connectivity index (χ0v) is 8.54. The summed E-state index contributed by atoms with van der Waals surface area (Å²) in [6.07, 6.45) is 3.47. The molecule has 0 N–H and O–H groups in total. The van der Waals surface area contributed by atoms with Crippen molar-refractivity contribution in [2.75, 3.05) is 0 Å². The fraction of sp³-hybridized carbons (Fsp3) is 0.125. The van der Waals surface area contributed by atoms with Crippen molar-refractivity contribution < 1.29 is 4.39 Å². The number of halogens is 2. The summed E-state index contributed by atoms with van der Waals surface area (Å²) in [5, 5.41) is 0. The zero-order chi connectivity index (χ0) is 8.72. The van der Waals surface area contributed by atoms with Gasteiger partial charge in [-0.3, -0.25) is 4.40 Å². The molecule has 0 saturated carbocycles. The molecule has 0 aliphatic rings. The van der Waals surface area contributed by atoms with Crippen molar-refractivity contribution in [1.29, 1.82) is 0 Å². The molecule has 0 saturated heterocycles. The van der Waals surface area contributed by atoms with Gasteiger partial charge in [-0.2, -0.15) is 0 Å². The number of nitrogens with zero attached hydrogens (tertiary/aromatic N) is 2. The van der Waals surface area contributed by atoms with E-state index < -0.39 is 0 Å². The average molecular weight is 276 g/mol. The molecule has 2 nitrogen and oxygen atoms in total. The van der Waals surface area contributed by atoms with E-state index in [1.807, 2.05) is 6.20 Å². The van der Waals surface area contributed by atoms with Gasteiger partial charge in [-0.1, -0.05) is 0 Å². The second-order valence-corrected chi connectivity index (χ2v) is 3.69. The summed E-state index contributed by atoms with van der Waals surface area (Å²) in [5.41, 5.74) is 1.03. The van der Waals surface area contributed by atoms with Crippen molar-refractivity contribution in [2.24, 2.45) is 0 Å². The molecule has 4 heteroatoms. The van der Waals surface area contributed by atoms with Gasteiger partial charge in [0.2, 0.25) is 0 Å². The minimum Gasteiger partial charge on any atom is -0.292 e. The first-order chi connectivity index (χ1) is 5.70. The lowest BCUT2D eigenvalue weighted by atomic mass is 10.3. The Balaban J connectivity index is 2.93. The molecular formula is C8H6FIN2. The second-order valence-electron chi connectivity index (χ2n) is 2.59. The predicted molar refractivity (Wildman–Crippen MR) is 52.6 cm³/mol. The summed E-state index contributed by atoms with van der Waals surface area (Å²) in [6, 6.07) is 1.74. The molecule has 0 atom stereocenters. The zero-order valence-electron chi connectivity index (χ0n) is 6.38. The highest BCUT2D eigenvalue weighted by atomic mass is 127. The Bertz CT molecular complexity index is 436. The normalized spacial score (nSPS) is 10.9. The molecule has 2 heterocycles. The maximum absolute atomic E-state index is 13.3. The molecular weight excluding hydrogens is 270 g/mol. The van der Waals surface area contributed by atoms with E-state index in [0.717, 1.165) is 3.70 Å². The summed E-state index contributed by atoms with van der Waals surface area (Å²) in [5.74, 6) is -0.236. The molecule has 12 heavy (non-hydrogen) atoms. The van der Waals surface area contributed by atoms with E-state index in [1.54, 1.807) is 23.6 Å². The van der Waals surface area contributed by atoms with Gasteiger partial charge in [0.15, 0.2) is 11.5 Å². The number of imidazole rings is 1. The van der Waals surface area contributed by atoms with Gasteiger partial charge < -0.3 is 0 Å². The molecule has 0 radical (unpaired) electrons. The van der Waals surface area contributed by atoms with Crippen molar-refractivity contribution in [3.8, 4) is 0 Å². The van der Waals surface area contributed by atoms with Crippen molar-refractivity contribution >= 4 is 28.2 Å². The number of hydrogen-bond donors (Lipinski definition) is 0. The van der Waals surface area contributed by atoms with Crippen LogP contribution in [0.4, 0.5) is 4.39 Å². The number of hydrogen-bond acceptors (Lipinski definition) is 1. The maximum Gasteiger partial charge on any atom is 0.174 e. The lowest BCUT2D eigenvalue weighted by Crippen LogP contribution is -1.92. The lowest BCUT2D eigenvalue weighted by molar-refractivity contribution is 0.620. The average Bonchev–Trinajstić information content (AvgIpc) is 2.41. The van der Waals surface area contributed by atoms with E-state index in [2.05, 4.69) is 27.6 Å². The van der Waals surface area contributed by atoms with Crippen molar-refractivity contribution in [2.45, 2.75) is 6.92 Å². The number of aromatic nitrogens is 2. The van der Waals surface area contributed by atoms with Crippen LogP contribution in [-0.2, 0) is 0 Å². The largest absolute Gasteiger partial charge is 0.292 e. The van der Waals surface area contributed by atoms with Gasteiger partial charge in [0.1, 0.15) is 3.70 Å². The van der Waals surface area contributed by atoms with Crippen molar-refractivity contribution in [3.63, 3.8) is 0 Å². The summed E-state index contributed by atoms with van der Waals surface area (Å²) in [4.78, 5) is 3.96. The van der Waals surface area contributed by atoms with Crippen LogP contribution in [0.3, 0.4) is 0 Å². The maximum atomic E-state index is 13.3. The predicted octanol–water partition coefficient (Wildman–Crippen LogP) is 2.39. The first kappa shape index (κ1) is 7.97. The van der Waals surface area contributed by atoms with Gasteiger partial charge in [-0.05, 0) is 41.1 Å². The molecule has 2 aromatic rings.